The molecule has 0 aliphatic carbocycles. The third-order valence-electron chi connectivity index (χ3n) is 4.37. The second kappa shape index (κ2) is 7.14. The summed E-state index contributed by atoms with van der Waals surface area (Å²) in [6, 6.07) is 6.03. The number of carbonyl (C=O) groups excluding carboxylic acids is 1. The highest BCUT2D eigenvalue weighted by Gasteiger charge is 2.24. The summed E-state index contributed by atoms with van der Waals surface area (Å²) in [5.41, 5.74) is 3.28. The van der Waals surface area contributed by atoms with Gasteiger partial charge in [0.25, 0.3) is 5.91 Å². The summed E-state index contributed by atoms with van der Waals surface area (Å²) in [6.45, 7) is 3.49. The van der Waals surface area contributed by atoms with Crippen molar-refractivity contribution in [2.75, 3.05) is 38.7 Å². The predicted molar refractivity (Wildman–Crippen MR) is 86.4 cm³/mol. The van der Waals surface area contributed by atoms with Crippen LogP contribution >= 0.6 is 12.4 Å². The summed E-state index contributed by atoms with van der Waals surface area (Å²) < 4.78 is 5.20. The van der Waals surface area contributed by atoms with Gasteiger partial charge in [0.05, 0.1) is 0 Å². The molecule has 1 aromatic carbocycles. The van der Waals surface area contributed by atoms with Crippen LogP contribution in [-0.2, 0) is 11.2 Å². The van der Waals surface area contributed by atoms with E-state index in [1.807, 2.05) is 17.0 Å². The fourth-order valence-electron chi connectivity index (χ4n) is 3.16. The zero-order chi connectivity index (χ0) is 13.9. The molecule has 5 heteroatoms. The van der Waals surface area contributed by atoms with E-state index in [1.54, 1.807) is 7.11 Å². The van der Waals surface area contributed by atoms with Crippen LogP contribution in [0.5, 0.6) is 0 Å². The number of nitrogens with one attached hydrogen (secondary N) is 1. The van der Waals surface area contributed by atoms with Crippen molar-refractivity contribution in [3.8, 4) is 0 Å². The zero-order valence-corrected chi connectivity index (χ0v) is 13.2. The lowest BCUT2D eigenvalue weighted by molar-refractivity contribution is 0.0613. The fourth-order valence-corrected chi connectivity index (χ4v) is 3.16. The van der Waals surface area contributed by atoms with Crippen LogP contribution in [0.2, 0.25) is 0 Å². The molecule has 1 aromatic rings. The summed E-state index contributed by atoms with van der Waals surface area (Å²) in [6.07, 6.45) is 3.12. The highest BCUT2D eigenvalue weighted by atomic mass is 35.5. The molecule has 0 radical (unpaired) electrons. The number of ether oxygens (including phenoxy) is 1. The van der Waals surface area contributed by atoms with Crippen molar-refractivity contribution < 1.29 is 9.53 Å². The number of hydrogen-bond donors (Lipinski definition) is 1. The fraction of sp³-hybridized carbons (Fsp3) is 0.562. The number of hydrogen-bond acceptors (Lipinski definition) is 3. The van der Waals surface area contributed by atoms with Gasteiger partial charge < -0.3 is 15.0 Å². The molecule has 0 bridgehead atoms. The van der Waals surface area contributed by atoms with Gasteiger partial charge in [-0.15, -0.1) is 12.4 Å². The number of amides is 1. The van der Waals surface area contributed by atoms with Gasteiger partial charge in [-0.1, -0.05) is 0 Å². The average molecular weight is 311 g/mol. The van der Waals surface area contributed by atoms with E-state index in [0.717, 1.165) is 51.1 Å². The summed E-state index contributed by atoms with van der Waals surface area (Å²) in [5.74, 6) is 0.781. The lowest BCUT2D eigenvalue weighted by Gasteiger charge is -2.31. The number of anilines is 1. The average Bonchev–Trinajstić information content (AvgIpc) is 2.95. The Labute approximate surface area is 132 Å². The van der Waals surface area contributed by atoms with E-state index < -0.39 is 0 Å². The minimum Gasteiger partial charge on any atom is -0.384 e. The lowest BCUT2D eigenvalue weighted by atomic mass is 9.97. The van der Waals surface area contributed by atoms with E-state index in [0.29, 0.717) is 5.92 Å². The smallest absolute Gasteiger partial charge is 0.253 e. The molecular formula is C16H23ClN2O2. The Balaban J connectivity index is 0.00000161. The molecule has 2 heterocycles. The molecule has 1 fully saturated rings. The van der Waals surface area contributed by atoms with Crippen LogP contribution in [0.3, 0.4) is 0 Å². The molecular weight excluding hydrogens is 288 g/mol. The molecule has 116 valence electrons. The lowest BCUT2D eigenvalue weighted by Crippen LogP contribution is -2.39. The Hall–Kier alpha value is -1.26. The van der Waals surface area contributed by atoms with E-state index in [1.165, 1.54) is 11.3 Å². The van der Waals surface area contributed by atoms with Gasteiger partial charge >= 0.3 is 0 Å². The number of benzene rings is 1. The Kier molecular flexibility index (Phi) is 5.48. The van der Waals surface area contributed by atoms with Crippen molar-refractivity contribution in [3.05, 3.63) is 29.3 Å². The monoisotopic (exact) mass is 310 g/mol. The van der Waals surface area contributed by atoms with Crippen molar-refractivity contribution in [1.29, 1.82) is 0 Å². The maximum Gasteiger partial charge on any atom is 0.253 e. The number of halogens is 1. The quantitative estimate of drug-likeness (QED) is 0.933. The van der Waals surface area contributed by atoms with Crippen molar-refractivity contribution >= 4 is 24.0 Å². The molecule has 1 saturated heterocycles. The van der Waals surface area contributed by atoms with Gasteiger partial charge in [-0.3, -0.25) is 4.79 Å². The number of carbonyl (C=O) groups is 1. The van der Waals surface area contributed by atoms with Crippen LogP contribution in [0.4, 0.5) is 5.69 Å². The summed E-state index contributed by atoms with van der Waals surface area (Å²) >= 11 is 0. The summed E-state index contributed by atoms with van der Waals surface area (Å²) in [7, 11) is 1.75. The van der Waals surface area contributed by atoms with Gasteiger partial charge in [0.15, 0.2) is 0 Å². The number of fused-ring (bicyclic) bond motifs is 1. The third-order valence-corrected chi connectivity index (χ3v) is 4.37. The number of nitrogens with zero attached hydrogens (tertiary/aromatic N) is 1. The second-order valence-corrected chi connectivity index (χ2v) is 5.74. The first-order chi connectivity index (χ1) is 9.78. The predicted octanol–water partition coefficient (Wildman–Crippen LogP) is 2.58. The summed E-state index contributed by atoms with van der Waals surface area (Å²) in [4.78, 5) is 14.5. The first kappa shape index (κ1) is 16.1. The molecule has 1 amide bonds. The Bertz CT molecular complexity index is 499. The van der Waals surface area contributed by atoms with E-state index in [2.05, 4.69) is 11.4 Å². The SMILES string of the molecule is COCC1CCN(C(=O)c2ccc3c(c2)CCN3)CC1.Cl. The van der Waals surface area contributed by atoms with Gasteiger partial charge in [-0.25, -0.2) is 0 Å². The van der Waals surface area contributed by atoms with Crippen LogP contribution in [-0.4, -0.2) is 44.2 Å². The normalized spacial score (nSPS) is 17.9. The van der Waals surface area contributed by atoms with Crippen molar-refractivity contribution in [2.24, 2.45) is 5.92 Å². The van der Waals surface area contributed by atoms with Gasteiger partial charge in [-0.2, -0.15) is 0 Å². The first-order valence-electron chi connectivity index (χ1n) is 7.43. The number of likely N-dealkylation sites (tertiary alicyclic amines) is 1. The first-order valence-corrected chi connectivity index (χ1v) is 7.43. The van der Waals surface area contributed by atoms with E-state index >= 15 is 0 Å². The Morgan fingerprint density at radius 3 is 2.86 bits per heavy atom. The second-order valence-electron chi connectivity index (χ2n) is 5.74. The number of methoxy groups -OCH3 is 1. The summed E-state index contributed by atoms with van der Waals surface area (Å²) in [5, 5.41) is 3.33. The molecule has 4 nitrogen and oxygen atoms in total. The molecule has 2 aliphatic heterocycles. The zero-order valence-electron chi connectivity index (χ0n) is 12.4. The van der Waals surface area contributed by atoms with Gasteiger partial charge in [0, 0.05) is 44.6 Å². The topological polar surface area (TPSA) is 41.6 Å². The Morgan fingerprint density at radius 2 is 2.14 bits per heavy atom. The van der Waals surface area contributed by atoms with Crippen molar-refractivity contribution in [1.82, 2.24) is 4.90 Å². The van der Waals surface area contributed by atoms with Gasteiger partial charge in [-0.05, 0) is 48.9 Å². The molecule has 0 spiro atoms. The van der Waals surface area contributed by atoms with Crippen LogP contribution in [0.15, 0.2) is 18.2 Å². The highest BCUT2D eigenvalue weighted by Crippen LogP contribution is 2.25. The van der Waals surface area contributed by atoms with Crippen LogP contribution in [0.1, 0.15) is 28.8 Å². The molecule has 21 heavy (non-hydrogen) atoms. The minimum atomic E-state index is 0. The molecule has 0 aromatic heterocycles. The van der Waals surface area contributed by atoms with E-state index in [9.17, 15) is 4.79 Å². The third kappa shape index (κ3) is 3.50. The molecule has 0 atom stereocenters. The van der Waals surface area contributed by atoms with Gasteiger partial charge in [0.2, 0.25) is 0 Å². The van der Waals surface area contributed by atoms with Gasteiger partial charge in [0.1, 0.15) is 0 Å². The largest absolute Gasteiger partial charge is 0.384 e. The molecule has 0 saturated carbocycles. The maximum atomic E-state index is 12.5. The van der Waals surface area contributed by atoms with Crippen LogP contribution in [0.25, 0.3) is 0 Å². The molecule has 0 unspecified atom stereocenters. The molecule has 2 aliphatic rings. The number of piperidine rings is 1. The highest BCUT2D eigenvalue weighted by molar-refractivity contribution is 5.95. The van der Waals surface area contributed by atoms with E-state index in [-0.39, 0.29) is 18.3 Å². The maximum absolute atomic E-state index is 12.5. The molecule has 1 N–H and O–H groups in total. The van der Waals surface area contributed by atoms with Crippen molar-refractivity contribution in [3.63, 3.8) is 0 Å². The van der Waals surface area contributed by atoms with E-state index in [4.69, 9.17) is 4.74 Å². The minimum absolute atomic E-state index is 0. The standard InChI is InChI=1S/C16H22N2O2.ClH/c1-20-11-12-5-8-18(9-6-12)16(19)14-2-3-15-13(10-14)4-7-17-15;/h2-3,10,12,17H,4-9,11H2,1H3;1H. The van der Waals surface area contributed by atoms with Crippen LogP contribution in [0, 0.1) is 5.92 Å². The van der Waals surface area contributed by atoms with Crippen molar-refractivity contribution in [2.45, 2.75) is 19.3 Å². The number of rotatable bonds is 3. The van der Waals surface area contributed by atoms with Crippen LogP contribution < -0.4 is 5.32 Å². The Morgan fingerprint density at radius 1 is 1.38 bits per heavy atom. The molecule has 3 rings (SSSR count).